The van der Waals surface area contributed by atoms with Crippen molar-refractivity contribution < 1.29 is 4.79 Å². The topological polar surface area (TPSA) is 59.8 Å². The van der Waals surface area contributed by atoms with Crippen molar-refractivity contribution in [2.24, 2.45) is 5.92 Å². The van der Waals surface area contributed by atoms with Gasteiger partial charge in [-0.05, 0) is 30.9 Å². The number of aromatic nitrogens is 3. The Morgan fingerprint density at radius 1 is 1.17 bits per heavy atom. The summed E-state index contributed by atoms with van der Waals surface area (Å²) < 4.78 is 1.80. The van der Waals surface area contributed by atoms with Gasteiger partial charge in [-0.25, -0.2) is 9.97 Å². The van der Waals surface area contributed by atoms with Gasteiger partial charge in [0.05, 0.1) is 0 Å². The molecule has 1 N–H and O–H groups in total. The Hall–Kier alpha value is -2.17. The fourth-order valence-corrected chi connectivity index (χ4v) is 3.18. The van der Waals surface area contributed by atoms with E-state index in [1.54, 1.807) is 35.4 Å². The highest BCUT2D eigenvalue weighted by Crippen LogP contribution is 2.21. The van der Waals surface area contributed by atoms with Gasteiger partial charge < -0.3 is 5.32 Å². The summed E-state index contributed by atoms with van der Waals surface area (Å²) in [6.45, 7) is 0.779. The van der Waals surface area contributed by atoms with Gasteiger partial charge in [0.2, 0.25) is 0 Å². The molecule has 0 saturated heterocycles. The lowest BCUT2D eigenvalue weighted by Gasteiger charge is -2.20. The van der Waals surface area contributed by atoms with Gasteiger partial charge in [0.25, 0.3) is 5.91 Å². The average Bonchev–Trinajstić information content (AvgIpc) is 3.08. The Kier molecular flexibility index (Phi) is 5.40. The number of nitrogens with one attached hydrogen (secondary N) is 1. The number of nitrogens with zero attached hydrogens (tertiary/aromatic N) is 3. The van der Waals surface area contributed by atoms with E-state index in [-0.39, 0.29) is 5.91 Å². The van der Waals surface area contributed by atoms with Crippen LogP contribution >= 0.6 is 0 Å². The fourth-order valence-electron chi connectivity index (χ4n) is 3.18. The van der Waals surface area contributed by atoms with E-state index in [1.165, 1.54) is 44.9 Å². The minimum atomic E-state index is -0.0178. The average molecular weight is 312 g/mol. The number of carbonyl (C=O) groups is 1. The summed E-state index contributed by atoms with van der Waals surface area (Å²) in [5, 5.41) is 3.10. The van der Waals surface area contributed by atoms with Crippen molar-refractivity contribution in [1.29, 1.82) is 0 Å². The van der Waals surface area contributed by atoms with Gasteiger partial charge in [0.15, 0.2) is 0 Å². The van der Waals surface area contributed by atoms with Gasteiger partial charge in [-0.3, -0.25) is 9.36 Å². The van der Waals surface area contributed by atoms with Crippen molar-refractivity contribution in [2.45, 2.75) is 44.9 Å². The molecule has 2 aromatic rings. The van der Waals surface area contributed by atoms with Crippen molar-refractivity contribution in [2.75, 3.05) is 6.54 Å². The summed E-state index contributed by atoms with van der Waals surface area (Å²) in [5.41, 5.74) is 0.648. The predicted octanol–water partition coefficient (Wildman–Crippen LogP) is 3.36. The van der Waals surface area contributed by atoms with Crippen molar-refractivity contribution in [3.8, 4) is 5.82 Å². The van der Waals surface area contributed by atoms with E-state index >= 15 is 0 Å². The van der Waals surface area contributed by atoms with Crippen LogP contribution in [-0.4, -0.2) is 27.0 Å². The van der Waals surface area contributed by atoms with Gasteiger partial charge in [0, 0.05) is 30.7 Å². The first kappa shape index (κ1) is 15.7. The van der Waals surface area contributed by atoms with Gasteiger partial charge >= 0.3 is 0 Å². The number of amides is 1. The smallest absolute Gasteiger partial charge is 0.251 e. The summed E-state index contributed by atoms with van der Waals surface area (Å²) in [7, 11) is 0. The molecule has 1 amide bonds. The lowest BCUT2D eigenvalue weighted by Crippen LogP contribution is -2.29. The van der Waals surface area contributed by atoms with Crippen molar-refractivity contribution in [3.05, 3.63) is 42.6 Å². The molecule has 122 valence electrons. The van der Waals surface area contributed by atoms with Crippen LogP contribution in [0.3, 0.4) is 0 Å². The minimum Gasteiger partial charge on any atom is -0.352 e. The molecule has 0 aliphatic heterocycles. The Balaban J connectivity index is 1.58. The van der Waals surface area contributed by atoms with Crippen LogP contribution in [0.5, 0.6) is 0 Å². The minimum absolute atomic E-state index is 0.0178. The molecule has 0 spiro atoms. The van der Waals surface area contributed by atoms with Crippen LogP contribution in [0.25, 0.3) is 5.82 Å². The highest BCUT2D eigenvalue weighted by Gasteiger charge is 2.14. The predicted molar refractivity (Wildman–Crippen MR) is 89.5 cm³/mol. The molecule has 2 heterocycles. The molecule has 1 aliphatic rings. The third-order valence-corrected chi connectivity index (χ3v) is 4.55. The molecule has 1 aliphatic carbocycles. The third-order valence-electron chi connectivity index (χ3n) is 4.55. The molecule has 23 heavy (non-hydrogen) atoms. The number of rotatable bonds is 4. The molecule has 5 nitrogen and oxygen atoms in total. The summed E-state index contributed by atoms with van der Waals surface area (Å²) in [6.07, 6.45) is 16.0. The van der Waals surface area contributed by atoms with Crippen LogP contribution in [0, 0.1) is 5.92 Å². The van der Waals surface area contributed by atoms with Crippen molar-refractivity contribution in [3.63, 3.8) is 0 Å². The first-order chi connectivity index (χ1) is 11.3. The van der Waals surface area contributed by atoms with E-state index in [4.69, 9.17) is 0 Å². The Morgan fingerprint density at radius 2 is 1.96 bits per heavy atom. The van der Waals surface area contributed by atoms with E-state index < -0.39 is 0 Å². The van der Waals surface area contributed by atoms with E-state index in [9.17, 15) is 4.79 Å². The van der Waals surface area contributed by atoms with Gasteiger partial charge in [-0.2, -0.15) is 0 Å². The zero-order valence-corrected chi connectivity index (χ0v) is 13.4. The second-order valence-corrected chi connectivity index (χ2v) is 6.29. The summed E-state index contributed by atoms with van der Waals surface area (Å²) >= 11 is 0. The largest absolute Gasteiger partial charge is 0.352 e. The van der Waals surface area contributed by atoms with Gasteiger partial charge in [-0.1, -0.05) is 32.1 Å². The maximum atomic E-state index is 12.4. The molecule has 1 saturated carbocycles. The molecule has 0 radical (unpaired) electrons. The second-order valence-electron chi connectivity index (χ2n) is 6.29. The highest BCUT2D eigenvalue weighted by molar-refractivity contribution is 5.94. The van der Waals surface area contributed by atoms with Crippen LogP contribution in [-0.2, 0) is 0 Å². The van der Waals surface area contributed by atoms with Crippen molar-refractivity contribution in [1.82, 2.24) is 19.9 Å². The molecule has 1 fully saturated rings. The lowest BCUT2D eigenvalue weighted by atomic mass is 9.91. The van der Waals surface area contributed by atoms with E-state index in [0.717, 1.165) is 6.54 Å². The highest BCUT2D eigenvalue weighted by atomic mass is 16.1. The van der Waals surface area contributed by atoms with Gasteiger partial charge in [0.1, 0.15) is 12.1 Å². The lowest BCUT2D eigenvalue weighted by molar-refractivity contribution is 0.0944. The Morgan fingerprint density at radius 3 is 2.70 bits per heavy atom. The van der Waals surface area contributed by atoms with E-state index in [2.05, 4.69) is 15.3 Å². The molecule has 0 atom stereocenters. The van der Waals surface area contributed by atoms with Crippen LogP contribution in [0.4, 0.5) is 0 Å². The number of hydrogen-bond acceptors (Lipinski definition) is 3. The first-order valence-electron chi connectivity index (χ1n) is 8.55. The molecule has 0 aromatic carbocycles. The van der Waals surface area contributed by atoms with Gasteiger partial charge in [-0.15, -0.1) is 0 Å². The maximum Gasteiger partial charge on any atom is 0.251 e. The van der Waals surface area contributed by atoms with E-state index in [1.807, 2.05) is 6.20 Å². The standard InChI is InChI=1S/C18H24N4O/c23-18(21-13-15-6-4-2-1-3-5-7-15)16-8-9-20-17(12-16)22-11-10-19-14-22/h8-12,14-15H,1-7,13H2,(H,21,23). The van der Waals surface area contributed by atoms with Crippen LogP contribution < -0.4 is 5.32 Å². The molecule has 0 unspecified atom stereocenters. The summed E-state index contributed by atoms with van der Waals surface area (Å²) in [4.78, 5) is 20.7. The molecule has 0 bridgehead atoms. The fraction of sp³-hybridized carbons (Fsp3) is 0.500. The van der Waals surface area contributed by atoms with Crippen LogP contribution in [0.15, 0.2) is 37.1 Å². The molecule has 2 aromatic heterocycles. The first-order valence-corrected chi connectivity index (χ1v) is 8.55. The summed E-state index contributed by atoms with van der Waals surface area (Å²) in [5.74, 6) is 1.31. The van der Waals surface area contributed by atoms with Crippen molar-refractivity contribution >= 4 is 5.91 Å². The second kappa shape index (κ2) is 7.90. The third kappa shape index (κ3) is 4.41. The Labute approximate surface area is 137 Å². The number of carbonyl (C=O) groups excluding carboxylic acids is 1. The van der Waals surface area contributed by atoms with Crippen LogP contribution in [0.1, 0.15) is 55.3 Å². The van der Waals surface area contributed by atoms with E-state index in [0.29, 0.717) is 17.3 Å². The summed E-state index contributed by atoms with van der Waals surface area (Å²) in [6, 6.07) is 3.56. The quantitative estimate of drug-likeness (QED) is 0.941. The molecular formula is C18H24N4O. The SMILES string of the molecule is O=C(NCC1CCCCCCC1)c1ccnc(-n2ccnc2)c1. The Bertz CT molecular complexity index is 616. The monoisotopic (exact) mass is 312 g/mol. The molecule has 3 rings (SSSR count). The zero-order chi connectivity index (χ0) is 15.9. The maximum absolute atomic E-state index is 12.4. The normalized spacial score (nSPS) is 16.5. The number of pyridine rings is 1. The molecular weight excluding hydrogens is 288 g/mol. The molecule has 5 heteroatoms. The number of imidazole rings is 1. The number of hydrogen-bond donors (Lipinski definition) is 1. The zero-order valence-electron chi connectivity index (χ0n) is 13.4. The van der Waals surface area contributed by atoms with Crippen LogP contribution in [0.2, 0.25) is 0 Å².